The van der Waals surface area contributed by atoms with Gasteiger partial charge in [0.2, 0.25) is 0 Å². The number of aliphatic hydroxyl groups excluding tert-OH is 1. The van der Waals surface area contributed by atoms with Crippen molar-refractivity contribution in [3.8, 4) is 0 Å². The van der Waals surface area contributed by atoms with Crippen LogP contribution in [0.2, 0.25) is 0 Å². The number of rotatable bonds is 10. The monoisotopic (exact) mass is 298 g/mol. The molecule has 0 amide bonds. The first-order valence-corrected chi connectivity index (χ1v) is 8.93. The predicted octanol–water partition coefficient (Wildman–Crippen LogP) is 2.02. The van der Waals surface area contributed by atoms with Gasteiger partial charge in [-0.2, -0.15) is 0 Å². The number of hydrogen-bond donors (Lipinski definition) is 2. The predicted molar refractivity (Wildman–Crippen MR) is 86.6 cm³/mol. The van der Waals surface area contributed by atoms with Crippen molar-refractivity contribution >= 4 is 0 Å². The Hall–Kier alpha value is -0.160. The maximum atomic E-state index is 9.17. The molecule has 0 spiro atoms. The van der Waals surface area contributed by atoms with Gasteiger partial charge in [-0.15, -0.1) is 0 Å². The Labute approximate surface area is 130 Å². The van der Waals surface area contributed by atoms with E-state index in [0.29, 0.717) is 6.61 Å². The van der Waals surface area contributed by atoms with Crippen molar-refractivity contribution in [3.63, 3.8) is 0 Å². The lowest BCUT2D eigenvalue weighted by Crippen LogP contribution is -2.53. The Morgan fingerprint density at radius 1 is 1.33 bits per heavy atom. The van der Waals surface area contributed by atoms with Crippen LogP contribution in [0.3, 0.4) is 0 Å². The second-order valence-corrected chi connectivity index (χ2v) is 6.97. The maximum Gasteiger partial charge on any atom is 0.0546 e. The lowest BCUT2D eigenvalue weighted by molar-refractivity contribution is -0.0403. The number of ether oxygens (including phenoxy) is 1. The first-order valence-electron chi connectivity index (χ1n) is 8.93. The molecule has 4 nitrogen and oxygen atoms in total. The Balaban J connectivity index is 1.92. The Morgan fingerprint density at radius 2 is 2.19 bits per heavy atom. The van der Waals surface area contributed by atoms with Crippen molar-refractivity contribution in [3.05, 3.63) is 0 Å². The van der Waals surface area contributed by atoms with Gasteiger partial charge < -0.3 is 15.2 Å². The quantitative estimate of drug-likeness (QED) is 0.606. The second-order valence-electron chi connectivity index (χ2n) is 6.97. The van der Waals surface area contributed by atoms with Gasteiger partial charge in [-0.1, -0.05) is 13.3 Å². The lowest BCUT2D eigenvalue weighted by atomic mass is 9.80. The van der Waals surface area contributed by atoms with Gasteiger partial charge in [0, 0.05) is 44.3 Å². The van der Waals surface area contributed by atoms with Gasteiger partial charge in [0.1, 0.15) is 0 Å². The van der Waals surface area contributed by atoms with E-state index in [1.165, 1.54) is 38.5 Å². The van der Waals surface area contributed by atoms with Crippen LogP contribution in [0.25, 0.3) is 0 Å². The van der Waals surface area contributed by atoms with Crippen LogP contribution in [0.15, 0.2) is 0 Å². The third-order valence-corrected chi connectivity index (χ3v) is 5.06. The number of hydrogen-bond acceptors (Lipinski definition) is 4. The fourth-order valence-electron chi connectivity index (χ4n) is 3.61. The van der Waals surface area contributed by atoms with Crippen LogP contribution in [0.5, 0.6) is 0 Å². The molecular formula is C17H34N2O2. The van der Waals surface area contributed by atoms with E-state index in [1.54, 1.807) is 0 Å². The molecule has 2 N–H and O–H groups in total. The molecule has 2 aliphatic rings. The standard InChI is InChI=1S/C17H34N2O2/c1-2-9-18-13-17(8-4-12-21-15-17)14-19(10-5-11-20)16-6-3-7-16/h16,18,20H,2-15H2,1H3. The van der Waals surface area contributed by atoms with Gasteiger partial charge in [-0.25, -0.2) is 0 Å². The molecule has 1 saturated carbocycles. The maximum absolute atomic E-state index is 9.17. The molecule has 1 saturated heterocycles. The van der Waals surface area contributed by atoms with Crippen LogP contribution in [0.4, 0.5) is 0 Å². The van der Waals surface area contributed by atoms with Crippen LogP contribution in [-0.4, -0.2) is 62.0 Å². The summed E-state index contributed by atoms with van der Waals surface area (Å²) in [5.74, 6) is 0. The summed E-state index contributed by atoms with van der Waals surface area (Å²) in [4.78, 5) is 2.64. The summed E-state index contributed by atoms with van der Waals surface area (Å²) in [6.07, 6.45) is 8.59. The first-order chi connectivity index (χ1) is 10.3. The molecule has 0 aromatic carbocycles. The minimum atomic E-state index is 0.276. The Kier molecular flexibility index (Phi) is 7.44. The molecule has 21 heavy (non-hydrogen) atoms. The fraction of sp³-hybridized carbons (Fsp3) is 1.00. The van der Waals surface area contributed by atoms with Crippen molar-refractivity contribution in [2.24, 2.45) is 5.41 Å². The molecule has 1 atom stereocenters. The zero-order valence-electron chi connectivity index (χ0n) is 13.8. The Morgan fingerprint density at radius 3 is 2.76 bits per heavy atom. The van der Waals surface area contributed by atoms with Crippen molar-refractivity contribution in [2.45, 2.75) is 57.9 Å². The average molecular weight is 298 g/mol. The van der Waals surface area contributed by atoms with Gasteiger partial charge in [0.25, 0.3) is 0 Å². The summed E-state index contributed by atoms with van der Waals surface area (Å²) in [6.45, 7) is 8.69. The van der Waals surface area contributed by atoms with Crippen molar-refractivity contribution in [2.75, 3.05) is 46.0 Å². The van der Waals surface area contributed by atoms with Gasteiger partial charge in [-0.3, -0.25) is 4.90 Å². The summed E-state index contributed by atoms with van der Waals surface area (Å²) in [5, 5.41) is 12.8. The molecule has 0 aromatic heterocycles. The molecule has 4 heteroatoms. The zero-order valence-corrected chi connectivity index (χ0v) is 13.8. The van der Waals surface area contributed by atoms with Crippen LogP contribution in [0.1, 0.15) is 51.9 Å². The highest BCUT2D eigenvalue weighted by molar-refractivity contribution is 4.91. The van der Waals surface area contributed by atoms with Crippen molar-refractivity contribution in [1.29, 1.82) is 0 Å². The largest absolute Gasteiger partial charge is 0.396 e. The summed E-state index contributed by atoms with van der Waals surface area (Å²) < 4.78 is 5.84. The van der Waals surface area contributed by atoms with E-state index in [0.717, 1.165) is 51.9 Å². The van der Waals surface area contributed by atoms with Crippen LogP contribution in [0, 0.1) is 5.41 Å². The summed E-state index contributed by atoms with van der Waals surface area (Å²) >= 11 is 0. The van der Waals surface area contributed by atoms with Crippen LogP contribution < -0.4 is 5.32 Å². The lowest BCUT2D eigenvalue weighted by Gasteiger charge is -2.46. The minimum Gasteiger partial charge on any atom is -0.396 e. The van der Waals surface area contributed by atoms with E-state index < -0.39 is 0 Å². The number of aliphatic hydroxyl groups is 1. The molecule has 2 fully saturated rings. The molecule has 2 rings (SSSR count). The van der Waals surface area contributed by atoms with Gasteiger partial charge in [-0.05, 0) is 45.1 Å². The van der Waals surface area contributed by atoms with Gasteiger partial charge in [0.05, 0.1) is 6.61 Å². The van der Waals surface area contributed by atoms with E-state index in [1.807, 2.05) is 0 Å². The van der Waals surface area contributed by atoms with Crippen molar-refractivity contribution in [1.82, 2.24) is 10.2 Å². The average Bonchev–Trinajstić information content (AvgIpc) is 2.44. The highest BCUT2D eigenvalue weighted by atomic mass is 16.5. The van der Waals surface area contributed by atoms with Crippen LogP contribution >= 0.6 is 0 Å². The highest BCUT2D eigenvalue weighted by Gasteiger charge is 2.37. The molecule has 0 bridgehead atoms. The SMILES string of the molecule is CCCNCC1(CN(CCCO)C2CCC2)CCCOC1. The second kappa shape index (κ2) is 9.09. The summed E-state index contributed by atoms with van der Waals surface area (Å²) in [6, 6.07) is 0.751. The number of nitrogens with zero attached hydrogens (tertiary/aromatic N) is 1. The molecule has 0 aromatic rings. The highest BCUT2D eigenvalue weighted by Crippen LogP contribution is 2.33. The van der Waals surface area contributed by atoms with Gasteiger partial charge >= 0.3 is 0 Å². The molecule has 124 valence electrons. The first kappa shape index (κ1) is 17.2. The molecular weight excluding hydrogens is 264 g/mol. The molecule has 1 aliphatic heterocycles. The van der Waals surface area contributed by atoms with E-state index in [4.69, 9.17) is 9.84 Å². The van der Waals surface area contributed by atoms with E-state index in [2.05, 4.69) is 17.1 Å². The minimum absolute atomic E-state index is 0.276. The molecule has 1 aliphatic carbocycles. The van der Waals surface area contributed by atoms with E-state index >= 15 is 0 Å². The topological polar surface area (TPSA) is 44.7 Å². The molecule has 0 radical (unpaired) electrons. The van der Waals surface area contributed by atoms with E-state index in [-0.39, 0.29) is 5.41 Å². The summed E-state index contributed by atoms with van der Waals surface area (Å²) in [5.41, 5.74) is 0.276. The third-order valence-electron chi connectivity index (χ3n) is 5.06. The van der Waals surface area contributed by atoms with Crippen molar-refractivity contribution < 1.29 is 9.84 Å². The van der Waals surface area contributed by atoms with E-state index in [9.17, 15) is 0 Å². The third kappa shape index (κ3) is 5.20. The normalized spacial score (nSPS) is 27.0. The summed E-state index contributed by atoms with van der Waals surface area (Å²) in [7, 11) is 0. The fourth-order valence-corrected chi connectivity index (χ4v) is 3.61. The molecule has 1 unspecified atom stereocenters. The molecule has 1 heterocycles. The smallest absolute Gasteiger partial charge is 0.0546 e. The van der Waals surface area contributed by atoms with Crippen LogP contribution in [-0.2, 0) is 4.74 Å². The van der Waals surface area contributed by atoms with Gasteiger partial charge in [0.15, 0.2) is 0 Å². The number of nitrogens with one attached hydrogen (secondary N) is 1. The zero-order chi connectivity index (χ0) is 15.0. The Bertz CT molecular complexity index is 276.